The van der Waals surface area contributed by atoms with Gasteiger partial charge in [-0.05, 0) is 30.0 Å². The number of carbonyl (C=O) groups excluding carboxylic acids is 1. The molecule has 1 aromatic carbocycles. The molecule has 8 nitrogen and oxygen atoms in total. The lowest BCUT2D eigenvalue weighted by Crippen LogP contribution is -2.56. The van der Waals surface area contributed by atoms with E-state index in [0.717, 1.165) is 0 Å². The summed E-state index contributed by atoms with van der Waals surface area (Å²) in [5, 5.41) is 10.6. The Labute approximate surface area is 175 Å². The molecule has 1 fully saturated rings. The van der Waals surface area contributed by atoms with Gasteiger partial charge in [-0.25, -0.2) is 8.42 Å². The van der Waals surface area contributed by atoms with Gasteiger partial charge in [0.05, 0.1) is 7.11 Å². The van der Waals surface area contributed by atoms with E-state index >= 15 is 0 Å². The van der Waals surface area contributed by atoms with E-state index in [9.17, 15) is 23.3 Å². The molecule has 0 amide bonds. The maximum atomic E-state index is 13.2. The Kier molecular flexibility index (Phi) is 4.54. The molecular weight excluding hydrogens is 410 g/mol. The zero-order valence-electron chi connectivity index (χ0n) is 17.4. The van der Waals surface area contributed by atoms with Crippen LogP contribution < -0.4 is 4.74 Å². The molecule has 4 rings (SSSR count). The molecular formula is C21H25NO7S. The highest BCUT2D eigenvalue weighted by atomic mass is 32.2. The van der Waals surface area contributed by atoms with Gasteiger partial charge in [0.25, 0.3) is 6.04 Å². The van der Waals surface area contributed by atoms with Gasteiger partial charge in [-0.2, -0.15) is 0 Å². The molecule has 9 heteroatoms. The molecule has 0 aromatic heterocycles. The van der Waals surface area contributed by atoms with E-state index < -0.39 is 43.3 Å². The first-order chi connectivity index (χ1) is 13.9. The van der Waals surface area contributed by atoms with Crippen molar-refractivity contribution < 1.29 is 27.6 Å². The van der Waals surface area contributed by atoms with Crippen molar-refractivity contribution in [1.82, 2.24) is 0 Å². The monoisotopic (exact) mass is 435 g/mol. The van der Waals surface area contributed by atoms with Crippen LogP contribution >= 0.6 is 0 Å². The Morgan fingerprint density at radius 2 is 1.80 bits per heavy atom. The SMILES string of the molecule is COc1ccc([C@@H]2C3=C(CC(C)(C)CC3=O)O[C@]3(C)[C@@H]2S(=O)(=O)C[C@H]3[N+](=O)[O-])cc1. The number of methoxy groups -OCH3 is 1. The number of fused-ring (bicyclic) bond motifs is 1. The molecule has 0 unspecified atom stereocenters. The third kappa shape index (κ3) is 3.02. The van der Waals surface area contributed by atoms with Crippen LogP contribution in [0.5, 0.6) is 5.75 Å². The van der Waals surface area contributed by atoms with Crippen molar-refractivity contribution in [2.75, 3.05) is 12.9 Å². The number of nitro groups is 1. The largest absolute Gasteiger partial charge is 0.497 e. The fourth-order valence-electron chi connectivity index (χ4n) is 5.26. The first-order valence-corrected chi connectivity index (χ1v) is 11.6. The number of sulfone groups is 1. The molecule has 1 saturated heterocycles. The van der Waals surface area contributed by atoms with Crippen molar-refractivity contribution in [2.45, 2.75) is 56.4 Å². The van der Waals surface area contributed by atoms with E-state index in [1.807, 2.05) is 13.8 Å². The first-order valence-electron chi connectivity index (χ1n) is 9.84. The van der Waals surface area contributed by atoms with Gasteiger partial charge in [0.15, 0.2) is 21.2 Å². The second kappa shape index (κ2) is 6.54. The molecule has 1 aromatic rings. The lowest BCUT2D eigenvalue weighted by atomic mass is 9.68. The zero-order chi connectivity index (χ0) is 22.1. The highest BCUT2D eigenvalue weighted by molar-refractivity contribution is 7.92. The van der Waals surface area contributed by atoms with Crippen molar-refractivity contribution in [3.63, 3.8) is 0 Å². The summed E-state index contributed by atoms with van der Waals surface area (Å²) in [5.41, 5.74) is -0.969. The molecule has 0 bridgehead atoms. The molecule has 162 valence electrons. The second-order valence-corrected chi connectivity index (χ2v) is 11.5. The Hall–Kier alpha value is -2.42. The van der Waals surface area contributed by atoms with Gasteiger partial charge in [0.2, 0.25) is 0 Å². The molecule has 4 atom stereocenters. The summed E-state index contributed by atoms with van der Waals surface area (Å²) in [6, 6.07) is 5.45. The zero-order valence-corrected chi connectivity index (χ0v) is 18.2. The van der Waals surface area contributed by atoms with Crippen LogP contribution in [-0.4, -0.2) is 48.9 Å². The van der Waals surface area contributed by atoms with Gasteiger partial charge >= 0.3 is 0 Å². The Bertz CT molecular complexity index is 1060. The Balaban J connectivity index is 1.97. The molecule has 0 spiro atoms. The summed E-state index contributed by atoms with van der Waals surface area (Å²) >= 11 is 0. The average Bonchev–Trinajstić information content (AvgIpc) is 2.85. The minimum atomic E-state index is -3.90. The number of ketones is 1. The maximum Gasteiger partial charge on any atom is 0.266 e. The molecule has 2 heterocycles. The number of carbonyl (C=O) groups is 1. The first kappa shape index (κ1) is 20.8. The number of benzene rings is 1. The van der Waals surface area contributed by atoms with E-state index in [1.165, 1.54) is 14.0 Å². The fraction of sp³-hybridized carbons (Fsp3) is 0.571. The Morgan fingerprint density at radius 1 is 1.17 bits per heavy atom. The van der Waals surface area contributed by atoms with Crippen molar-refractivity contribution in [1.29, 1.82) is 0 Å². The summed E-state index contributed by atoms with van der Waals surface area (Å²) < 4.78 is 37.7. The van der Waals surface area contributed by atoms with Crippen LogP contribution in [0, 0.1) is 15.5 Å². The highest BCUT2D eigenvalue weighted by Gasteiger charge is 2.70. The molecule has 1 aliphatic carbocycles. The van der Waals surface area contributed by atoms with Crippen molar-refractivity contribution >= 4 is 15.6 Å². The van der Waals surface area contributed by atoms with Gasteiger partial charge in [-0.15, -0.1) is 0 Å². The summed E-state index contributed by atoms with van der Waals surface area (Å²) in [6.45, 7) is 5.37. The molecule has 0 saturated carbocycles. The topological polar surface area (TPSA) is 113 Å². The Morgan fingerprint density at radius 3 is 2.37 bits per heavy atom. The highest BCUT2D eigenvalue weighted by Crippen LogP contribution is 2.55. The number of rotatable bonds is 3. The van der Waals surface area contributed by atoms with E-state index in [-0.39, 0.29) is 17.6 Å². The lowest BCUT2D eigenvalue weighted by molar-refractivity contribution is -0.537. The molecule has 0 radical (unpaired) electrons. The minimum absolute atomic E-state index is 0.163. The smallest absolute Gasteiger partial charge is 0.266 e. The number of ether oxygens (including phenoxy) is 2. The van der Waals surface area contributed by atoms with Gasteiger partial charge in [-0.3, -0.25) is 14.9 Å². The quantitative estimate of drug-likeness (QED) is 0.530. The van der Waals surface area contributed by atoms with Crippen LogP contribution in [0.4, 0.5) is 0 Å². The van der Waals surface area contributed by atoms with Crippen LogP contribution in [0.1, 0.15) is 45.1 Å². The third-order valence-corrected chi connectivity index (χ3v) is 8.86. The normalized spacial score (nSPS) is 34.0. The van der Waals surface area contributed by atoms with Gasteiger partial charge in [0, 0.05) is 29.3 Å². The maximum absolute atomic E-state index is 13.2. The van der Waals surface area contributed by atoms with E-state index in [0.29, 0.717) is 29.1 Å². The van der Waals surface area contributed by atoms with Crippen molar-refractivity contribution in [3.05, 3.63) is 51.3 Å². The van der Waals surface area contributed by atoms with Crippen LogP contribution in [-0.2, 0) is 19.4 Å². The average molecular weight is 435 g/mol. The minimum Gasteiger partial charge on any atom is -0.497 e. The number of nitrogens with zero attached hydrogens (tertiary/aromatic N) is 1. The number of hydrogen-bond donors (Lipinski definition) is 0. The van der Waals surface area contributed by atoms with Crippen molar-refractivity contribution in [3.8, 4) is 5.75 Å². The van der Waals surface area contributed by atoms with Crippen molar-refractivity contribution in [2.24, 2.45) is 5.41 Å². The summed E-state index contributed by atoms with van der Waals surface area (Å²) in [4.78, 5) is 24.4. The fourth-order valence-corrected chi connectivity index (χ4v) is 7.98. The second-order valence-electron chi connectivity index (χ2n) is 9.37. The van der Waals surface area contributed by atoms with Crippen LogP contribution in [0.15, 0.2) is 35.6 Å². The third-order valence-electron chi connectivity index (χ3n) is 6.57. The molecule has 30 heavy (non-hydrogen) atoms. The summed E-state index contributed by atoms with van der Waals surface area (Å²) in [7, 11) is -2.38. The molecule has 2 aliphatic heterocycles. The summed E-state index contributed by atoms with van der Waals surface area (Å²) in [5.74, 6) is -0.602. The van der Waals surface area contributed by atoms with E-state index in [1.54, 1.807) is 24.3 Å². The summed E-state index contributed by atoms with van der Waals surface area (Å²) in [6.07, 6.45) is 0.692. The van der Waals surface area contributed by atoms with Crippen LogP contribution in [0.2, 0.25) is 0 Å². The van der Waals surface area contributed by atoms with Gasteiger partial charge < -0.3 is 9.47 Å². The van der Waals surface area contributed by atoms with Crippen LogP contribution in [0.25, 0.3) is 0 Å². The standard InChI is InChI=1S/C21H25NO7S/c1-20(2)9-14(23)18-15(10-20)29-21(3)16(22(24)25)11-30(26,27)19(21)17(18)12-5-7-13(28-4)8-6-12/h5-8,16-17,19H,9-11H2,1-4H3/t16-,17-,19-,21+/m1/s1. The predicted molar refractivity (Wildman–Crippen MR) is 109 cm³/mol. The molecule has 0 N–H and O–H groups in total. The number of Topliss-reactive ketones (excluding diaryl/α,β-unsaturated/α-hetero) is 1. The predicted octanol–water partition coefficient (Wildman–Crippen LogP) is 2.65. The number of allylic oxidation sites excluding steroid dienone is 2. The number of hydrogen-bond acceptors (Lipinski definition) is 7. The van der Waals surface area contributed by atoms with Gasteiger partial charge in [-0.1, -0.05) is 26.0 Å². The lowest BCUT2D eigenvalue weighted by Gasteiger charge is -2.46. The van der Waals surface area contributed by atoms with E-state index in [4.69, 9.17) is 9.47 Å². The van der Waals surface area contributed by atoms with Gasteiger partial charge in [0.1, 0.15) is 22.5 Å². The molecule has 3 aliphatic rings. The van der Waals surface area contributed by atoms with Crippen LogP contribution in [0.3, 0.4) is 0 Å². The van der Waals surface area contributed by atoms with E-state index in [2.05, 4.69) is 0 Å².